The Morgan fingerprint density at radius 3 is 2.36 bits per heavy atom. The molecule has 0 radical (unpaired) electrons. The predicted octanol–water partition coefficient (Wildman–Crippen LogP) is 2.74. The summed E-state index contributed by atoms with van der Waals surface area (Å²) >= 11 is 5.64. The molecule has 0 heterocycles. The monoisotopic (exact) mass is 219 g/mol. The number of benzene rings is 1. The van der Waals surface area contributed by atoms with Gasteiger partial charge in [-0.1, -0.05) is 23.7 Å². The topological polar surface area (TPSA) is 12.0 Å². The van der Waals surface area contributed by atoms with Crippen LogP contribution in [-0.2, 0) is 6.42 Å². The highest BCUT2D eigenvalue weighted by Gasteiger charge is 2.27. The third-order valence-corrected chi connectivity index (χ3v) is 2.06. The average molecular weight is 220 g/mol. The zero-order valence-electron chi connectivity index (χ0n) is 7.86. The third kappa shape index (κ3) is 3.60. The van der Waals surface area contributed by atoms with Gasteiger partial charge in [-0.3, -0.25) is 0 Å². The highest BCUT2D eigenvalue weighted by Crippen LogP contribution is 2.20. The quantitative estimate of drug-likeness (QED) is 0.821. The van der Waals surface area contributed by atoms with Gasteiger partial charge in [-0.25, -0.2) is 8.78 Å². The maximum atomic E-state index is 13.1. The van der Waals surface area contributed by atoms with Gasteiger partial charge in [0.05, 0.1) is 6.54 Å². The molecule has 1 nitrogen and oxygen atoms in total. The molecule has 0 spiro atoms. The summed E-state index contributed by atoms with van der Waals surface area (Å²) in [6.07, 6.45) is -0.259. The van der Waals surface area contributed by atoms with Crippen molar-refractivity contribution in [2.75, 3.05) is 13.6 Å². The van der Waals surface area contributed by atoms with E-state index in [1.165, 1.54) is 7.05 Å². The van der Waals surface area contributed by atoms with E-state index < -0.39 is 5.92 Å². The van der Waals surface area contributed by atoms with E-state index in [4.69, 9.17) is 11.6 Å². The number of hydrogen-bond donors (Lipinski definition) is 1. The van der Waals surface area contributed by atoms with Crippen LogP contribution in [-0.4, -0.2) is 19.5 Å². The molecule has 0 bridgehead atoms. The lowest BCUT2D eigenvalue weighted by Gasteiger charge is -2.15. The molecule has 0 aliphatic rings. The second-order valence-electron chi connectivity index (χ2n) is 3.19. The Bertz CT molecular complexity index is 285. The smallest absolute Gasteiger partial charge is 0.264 e. The van der Waals surface area contributed by atoms with Crippen molar-refractivity contribution in [3.8, 4) is 0 Å². The number of hydrogen-bond acceptors (Lipinski definition) is 1. The van der Waals surface area contributed by atoms with E-state index in [1.807, 2.05) is 0 Å². The van der Waals surface area contributed by atoms with Gasteiger partial charge in [0.1, 0.15) is 0 Å². The van der Waals surface area contributed by atoms with Crippen LogP contribution in [0, 0.1) is 0 Å². The molecule has 4 heteroatoms. The van der Waals surface area contributed by atoms with Crippen molar-refractivity contribution in [2.24, 2.45) is 0 Å². The maximum Gasteiger partial charge on any atom is 0.264 e. The molecule has 14 heavy (non-hydrogen) atoms. The molecule has 78 valence electrons. The summed E-state index contributed by atoms with van der Waals surface area (Å²) < 4.78 is 26.2. The molecule has 0 aliphatic heterocycles. The van der Waals surface area contributed by atoms with E-state index >= 15 is 0 Å². The van der Waals surface area contributed by atoms with Crippen molar-refractivity contribution in [1.29, 1.82) is 0 Å². The molecule has 0 aliphatic carbocycles. The summed E-state index contributed by atoms with van der Waals surface area (Å²) in [6.45, 7) is -0.310. The van der Waals surface area contributed by atoms with E-state index in [0.717, 1.165) is 0 Å². The Hall–Kier alpha value is -0.670. The van der Waals surface area contributed by atoms with E-state index in [-0.39, 0.29) is 13.0 Å². The first kappa shape index (κ1) is 11.4. The molecule has 0 saturated heterocycles. The Balaban J connectivity index is 2.64. The van der Waals surface area contributed by atoms with Crippen LogP contribution >= 0.6 is 11.6 Å². The Labute approximate surface area is 87.1 Å². The normalized spacial score (nSPS) is 11.7. The fraction of sp³-hybridized carbons (Fsp3) is 0.400. The molecular formula is C10H12ClF2N. The fourth-order valence-corrected chi connectivity index (χ4v) is 1.35. The molecule has 0 amide bonds. The number of halogens is 3. The van der Waals surface area contributed by atoms with Gasteiger partial charge in [0.15, 0.2) is 0 Å². The van der Waals surface area contributed by atoms with Gasteiger partial charge < -0.3 is 5.32 Å². The van der Waals surface area contributed by atoms with Gasteiger partial charge >= 0.3 is 0 Å². The van der Waals surface area contributed by atoms with Gasteiger partial charge in [-0.05, 0) is 24.7 Å². The van der Waals surface area contributed by atoms with Crippen LogP contribution in [0.25, 0.3) is 0 Å². The first-order valence-corrected chi connectivity index (χ1v) is 4.68. The Morgan fingerprint density at radius 1 is 1.29 bits per heavy atom. The van der Waals surface area contributed by atoms with Gasteiger partial charge in [0.2, 0.25) is 0 Å². The predicted molar refractivity (Wildman–Crippen MR) is 54.0 cm³/mol. The van der Waals surface area contributed by atoms with Crippen LogP contribution in [0.3, 0.4) is 0 Å². The van der Waals surface area contributed by atoms with Crippen molar-refractivity contribution in [1.82, 2.24) is 5.32 Å². The summed E-state index contributed by atoms with van der Waals surface area (Å²) in [5, 5.41) is 3.02. The van der Waals surface area contributed by atoms with Gasteiger partial charge in [0.25, 0.3) is 5.92 Å². The SMILES string of the molecule is CNCC(F)(F)Cc1ccc(Cl)cc1. The van der Waals surface area contributed by atoms with Gasteiger partial charge in [0, 0.05) is 11.4 Å². The summed E-state index contributed by atoms with van der Waals surface area (Å²) in [5.41, 5.74) is 0.592. The Kier molecular flexibility index (Phi) is 3.84. The van der Waals surface area contributed by atoms with Crippen LogP contribution in [0.1, 0.15) is 5.56 Å². The molecular weight excluding hydrogens is 208 g/mol. The van der Waals surface area contributed by atoms with Crippen molar-refractivity contribution in [2.45, 2.75) is 12.3 Å². The zero-order valence-corrected chi connectivity index (χ0v) is 8.61. The molecule has 0 atom stereocenters. The fourth-order valence-electron chi connectivity index (χ4n) is 1.22. The first-order valence-electron chi connectivity index (χ1n) is 4.30. The highest BCUT2D eigenvalue weighted by molar-refractivity contribution is 6.30. The van der Waals surface area contributed by atoms with E-state index in [1.54, 1.807) is 24.3 Å². The summed E-state index contributed by atoms with van der Waals surface area (Å²) in [5.74, 6) is -2.71. The molecule has 1 aromatic carbocycles. The molecule has 0 unspecified atom stereocenters. The maximum absolute atomic E-state index is 13.1. The third-order valence-electron chi connectivity index (χ3n) is 1.81. The summed E-state index contributed by atoms with van der Waals surface area (Å²) in [6, 6.07) is 6.47. The molecule has 1 rings (SSSR count). The van der Waals surface area contributed by atoms with E-state index in [0.29, 0.717) is 10.6 Å². The highest BCUT2D eigenvalue weighted by atomic mass is 35.5. The standard InChI is InChI=1S/C10H12ClF2N/c1-14-7-10(12,13)6-8-2-4-9(11)5-3-8/h2-5,14H,6-7H2,1H3. The van der Waals surface area contributed by atoms with Crippen LogP contribution in [0.5, 0.6) is 0 Å². The van der Waals surface area contributed by atoms with Crippen molar-refractivity contribution in [3.05, 3.63) is 34.9 Å². The van der Waals surface area contributed by atoms with Gasteiger partial charge in [-0.2, -0.15) is 0 Å². The number of alkyl halides is 2. The van der Waals surface area contributed by atoms with Crippen molar-refractivity contribution >= 4 is 11.6 Å². The largest absolute Gasteiger partial charge is 0.314 e. The molecule has 0 saturated carbocycles. The minimum atomic E-state index is -2.71. The molecule has 1 N–H and O–H groups in total. The van der Waals surface area contributed by atoms with E-state index in [9.17, 15) is 8.78 Å². The van der Waals surface area contributed by atoms with Crippen molar-refractivity contribution in [3.63, 3.8) is 0 Å². The summed E-state index contributed by atoms with van der Waals surface area (Å²) in [7, 11) is 1.51. The lowest BCUT2D eigenvalue weighted by molar-refractivity contribution is 0.00451. The minimum Gasteiger partial charge on any atom is -0.314 e. The van der Waals surface area contributed by atoms with Crippen LogP contribution in [0.4, 0.5) is 8.78 Å². The lowest BCUT2D eigenvalue weighted by Crippen LogP contribution is -2.32. The van der Waals surface area contributed by atoms with Gasteiger partial charge in [-0.15, -0.1) is 0 Å². The number of rotatable bonds is 4. The van der Waals surface area contributed by atoms with Crippen LogP contribution in [0.15, 0.2) is 24.3 Å². The van der Waals surface area contributed by atoms with E-state index in [2.05, 4.69) is 5.32 Å². The van der Waals surface area contributed by atoms with Crippen molar-refractivity contribution < 1.29 is 8.78 Å². The molecule has 0 aromatic heterocycles. The second kappa shape index (κ2) is 4.71. The minimum absolute atomic E-state index is 0.259. The van der Waals surface area contributed by atoms with Crippen LogP contribution < -0.4 is 5.32 Å². The molecule has 0 fully saturated rings. The van der Waals surface area contributed by atoms with Crippen LogP contribution in [0.2, 0.25) is 5.02 Å². The second-order valence-corrected chi connectivity index (χ2v) is 3.63. The summed E-state index contributed by atoms with van der Waals surface area (Å²) in [4.78, 5) is 0. The Morgan fingerprint density at radius 2 is 1.86 bits per heavy atom. The zero-order chi connectivity index (χ0) is 10.6. The number of nitrogens with one attached hydrogen (secondary N) is 1. The average Bonchev–Trinajstić information content (AvgIpc) is 2.08. The first-order chi connectivity index (χ1) is 6.53. The lowest BCUT2D eigenvalue weighted by atomic mass is 10.1. The molecule has 1 aromatic rings.